The number of amides is 2. The molecule has 1 aromatic carbocycles. The van der Waals surface area contributed by atoms with Crippen molar-refractivity contribution in [3.63, 3.8) is 0 Å². The van der Waals surface area contributed by atoms with Gasteiger partial charge in [0.1, 0.15) is 0 Å². The Morgan fingerprint density at radius 3 is 2.81 bits per heavy atom. The fourth-order valence-electron chi connectivity index (χ4n) is 2.25. The van der Waals surface area contributed by atoms with E-state index in [1.54, 1.807) is 36.7 Å². The number of aromatic nitrogens is 2. The molecule has 21 heavy (non-hydrogen) atoms. The Hall–Kier alpha value is -2.76. The summed E-state index contributed by atoms with van der Waals surface area (Å²) in [7, 11) is 0. The van der Waals surface area contributed by atoms with Crippen molar-refractivity contribution < 1.29 is 9.59 Å². The number of benzene rings is 1. The normalized spacial score (nSPS) is 13.8. The molecule has 6 heteroatoms. The Labute approximate surface area is 121 Å². The molecule has 1 aliphatic rings. The number of anilines is 2. The van der Waals surface area contributed by atoms with Crippen LogP contribution < -0.4 is 10.6 Å². The molecular formula is C15H14N4O2. The number of carbonyl (C=O) groups is 2. The Bertz CT molecular complexity index is 685. The van der Waals surface area contributed by atoms with Gasteiger partial charge in [-0.15, -0.1) is 0 Å². The summed E-state index contributed by atoms with van der Waals surface area (Å²) in [6.45, 7) is 0. The third-order valence-corrected chi connectivity index (χ3v) is 3.28. The standard InChI is InChI=1S/C15H14N4O2/c20-13-4-1-3-10-9-11(5-6-12(10)18-13)14(21)19-15-16-7-2-8-17-15/h2,5-9H,1,3-4H2,(H,18,20)(H,16,17,19,21). The first-order valence-corrected chi connectivity index (χ1v) is 6.73. The lowest BCUT2D eigenvalue weighted by atomic mass is 10.0. The number of hydrogen-bond acceptors (Lipinski definition) is 4. The zero-order chi connectivity index (χ0) is 14.7. The van der Waals surface area contributed by atoms with Crippen LogP contribution in [0.4, 0.5) is 11.6 Å². The summed E-state index contributed by atoms with van der Waals surface area (Å²) >= 11 is 0. The average molecular weight is 282 g/mol. The third-order valence-electron chi connectivity index (χ3n) is 3.28. The second-order valence-electron chi connectivity index (χ2n) is 4.80. The van der Waals surface area contributed by atoms with Gasteiger partial charge in [-0.05, 0) is 42.7 Å². The summed E-state index contributed by atoms with van der Waals surface area (Å²) in [4.78, 5) is 31.6. The summed E-state index contributed by atoms with van der Waals surface area (Å²) in [6.07, 6.45) is 5.20. The molecule has 0 fully saturated rings. The largest absolute Gasteiger partial charge is 0.326 e. The van der Waals surface area contributed by atoms with Crippen molar-refractivity contribution in [2.75, 3.05) is 10.6 Å². The Kier molecular flexibility index (Phi) is 3.59. The molecule has 0 radical (unpaired) electrons. The smallest absolute Gasteiger partial charge is 0.258 e. The van der Waals surface area contributed by atoms with Crippen LogP contribution in [0.15, 0.2) is 36.7 Å². The quantitative estimate of drug-likeness (QED) is 0.882. The number of nitrogens with one attached hydrogen (secondary N) is 2. The molecule has 1 aromatic heterocycles. The highest BCUT2D eigenvalue weighted by molar-refractivity contribution is 6.04. The predicted octanol–water partition coefficient (Wildman–Crippen LogP) is 2.00. The van der Waals surface area contributed by atoms with E-state index in [2.05, 4.69) is 20.6 Å². The predicted molar refractivity (Wildman–Crippen MR) is 78.0 cm³/mol. The highest BCUT2D eigenvalue weighted by atomic mass is 16.2. The molecule has 0 saturated carbocycles. The molecule has 0 spiro atoms. The second-order valence-corrected chi connectivity index (χ2v) is 4.80. The van der Waals surface area contributed by atoms with Crippen LogP contribution in [0, 0.1) is 0 Å². The van der Waals surface area contributed by atoms with E-state index < -0.39 is 0 Å². The van der Waals surface area contributed by atoms with Crippen molar-refractivity contribution in [1.82, 2.24) is 9.97 Å². The van der Waals surface area contributed by atoms with Crippen LogP contribution in [0.25, 0.3) is 0 Å². The number of hydrogen-bond donors (Lipinski definition) is 2. The van der Waals surface area contributed by atoms with Gasteiger partial charge in [0, 0.05) is 30.1 Å². The van der Waals surface area contributed by atoms with Crippen LogP contribution in [-0.4, -0.2) is 21.8 Å². The lowest BCUT2D eigenvalue weighted by Crippen LogP contribution is -2.15. The third kappa shape index (κ3) is 3.05. The zero-order valence-corrected chi connectivity index (χ0v) is 11.3. The zero-order valence-electron chi connectivity index (χ0n) is 11.3. The molecule has 3 rings (SSSR count). The van der Waals surface area contributed by atoms with Gasteiger partial charge >= 0.3 is 0 Å². The van der Waals surface area contributed by atoms with Crippen molar-refractivity contribution >= 4 is 23.5 Å². The van der Waals surface area contributed by atoms with E-state index in [4.69, 9.17) is 0 Å². The Balaban J connectivity index is 1.81. The molecule has 0 atom stereocenters. The summed E-state index contributed by atoms with van der Waals surface area (Å²) in [5, 5.41) is 5.48. The van der Waals surface area contributed by atoms with E-state index >= 15 is 0 Å². The van der Waals surface area contributed by atoms with Gasteiger partial charge in [0.15, 0.2) is 0 Å². The molecule has 1 aliphatic heterocycles. The molecule has 0 aliphatic carbocycles. The first-order valence-electron chi connectivity index (χ1n) is 6.73. The minimum absolute atomic E-state index is 0.0173. The highest BCUT2D eigenvalue weighted by Crippen LogP contribution is 2.23. The number of nitrogens with zero attached hydrogens (tertiary/aromatic N) is 2. The fourth-order valence-corrected chi connectivity index (χ4v) is 2.25. The monoisotopic (exact) mass is 282 g/mol. The second kappa shape index (κ2) is 5.70. The Morgan fingerprint density at radius 2 is 2.00 bits per heavy atom. The van der Waals surface area contributed by atoms with Crippen LogP contribution >= 0.6 is 0 Å². The fraction of sp³-hybridized carbons (Fsp3) is 0.200. The topological polar surface area (TPSA) is 84.0 Å². The van der Waals surface area contributed by atoms with Gasteiger partial charge in [0.2, 0.25) is 11.9 Å². The van der Waals surface area contributed by atoms with Gasteiger partial charge in [-0.2, -0.15) is 0 Å². The molecule has 2 aromatic rings. The van der Waals surface area contributed by atoms with Gasteiger partial charge in [0.25, 0.3) is 5.91 Å². The van der Waals surface area contributed by atoms with Crippen molar-refractivity contribution in [2.24, 2.45) is 0 Å². The minimum Gasteiger partial charge on any atom is -0.326 e. The lowest BCUT2D eigenvalue weighted by Gasteiger charge is -2.09. The van der Waals surface area contributed by atoms with Gasteiger partial charge in [-0.25, -0.2) is 9.97 Å². The van der Waals surface area contributed by atoms with Gasteiger partial charge in [0.05, 0.1) is 0 Å². The highest BCUT2D eigenvalue weighted by Gasteiger charge is 2.15. The van der Waals surface area contributed by atoms with E-state index in [0.717, 1.165) is 24.1 Å². The molecule has 6 nitrogen and oxygen atoms in total. The molecular weight excluding hydrogens is 268 g/mol. The van der Waals surface area contributed by atoms with Crippen molar-refractivity contribution in [3.8, 4) is 0 Å². The molecule has 2 heterocycles. The summed E-state index contributed by atoms with van der Waals surface area (Å²) in [5.41, 5.74) is 2.28. The number of carbonyl (C=O) groups excluding carboxylic acids is 2. The summed E-state index contributed by atoms with van der Waals surface area (Å²) in [5.74, 6) is 0.0222. The molecule has 2 N–H and O–H groups in total. The van der Waals surface area contributed by atoms with E-state index in [-0.39, 0.29) is 17.8 Å². The van der Waals surface area contributed by atoms with Crippen molar-refractivity contribution in [1.29, 1.82) is 0 Å². The minimum atomic E-state index is -0.264. The molecule has 0 saturated heterocycles. The molecule has 0 bridgehead atoms. The van der Waals surface area contributed by atoms with Crippen molar-refractivity contribution in [3.05, 3.63) is 47.8 Å². The number of fused-ring (bicyclic) bond motifs is 1. The molecule has 106 valence electrons. The Morgan fingerprint density at radius 1 is 1.19 bits per heavy atom. The molecule has 2 amide bonds. The van der Waals surface area contributed by atoms with E-state index in [0.29, 0.717) is 12.0 Å². The van der Waals surface area contributed by atoms with Crippen LogP contribution in [0.1, 0.15) is 28.8 Å². The van der Waals surface area contributed by atoms with Crippen LogP contribution in [0.3, 0.4) is 0 Å². The van der Waals surface area contributed by atoms with E-state index in [1.165, 1.54) is 0 Å². The van der Waals surface area contributed by atoms with Crippen LogP contribution in [-0.2, 0) is 11.2 Å². The molecule has 0 unspecified atom stereocenters. The van der Waals surface area contributed by atoms with Crippen LogP contribution in [0.5, 0.6) is 0 Å². The average Bonchev–Trinajstić information content (AvgIpc) is 2.68. The van der Waals surface area contributed by atoms with Crippen molar-refractivity contribution in [2.45, 2.75) is 19.3 Å². The number of aryl methyl sites for hydroxylation is 1. The van der Waals surface area contributed by atoms with Gasteiger partial charge in [-0.3, -0.25) is 14.9 Å². The first kappa shape index (κ1) is 13.2. The van der Waals surface area contributed by atoms with E-state index in [9.17, 15) is 9.59 Å². The maximum atomic E-state index is 12.2. The number of rotatable bonds is 2. The van der Waals surface area contributed by atoms with Gasteiger partial charge < -0.3 is 5.32 Å². The first-order chi connectivity index (χ1) is 10.2. The summed E-state index contributed by atoms with van der Waals surface area (Å²) < 4.78 is 0. The summed E-state index contributed by atoms with van der Waals surface area (Å²) in [6, 6.07) is 6.93. The lowest BCUT2D eigenvalue weighted by molar-refractivity contribution is -0.116. The van der Waals surface area contributed by atoms with Gasteiger partial charge in [-0.1, -0.05) is 0 Å². The van der Waals surface area contributed by atoms with Crippen LogP contribution in [0.2, 0.25) is 0 Å². The van der Waals surface area contributed by atoms with E-state index in [1.807, 2.05) is 0 Å². The maximum Gasteiger partial charge on any atom is 0.258 e. The SMILES string of the molecule is O=C1CCCc2cc(C(=O)Nc3ncccn3)ccc2N1. The maximum absolute atomic E-state index is 12.2.